The van der Waals surface area contributed by atoms with E-state index in [0.29, 0.717) is 0 Å². The van der Waals surface area contributed by atoms with Gasteiger partial charge < -0.3 is 5.32 Å². The van der Waals surface area contributed by atoms with Crippen LogP contribution in [0.5, 0.6) is 0 Å². The normalized spacial score (nSPS) is 11.9. The molecule has 2 heteroatoms. The first-order chi connectivity index (χ1) is 9.09. The second kappa shape index (κ2) is 5.70. The molecule has 2 aromatic rings. The number of nitrogens with one attached hydrogen (secondary N) is 1. The van der Waals surface area contributed by atoms with Crippen LogP contribution in [-0.2, 0) is 4.79 Å². The van der Waals surface area contributed by atoms with Crippen molar-refractivity contribution in [3.05, 3.63) is 65.2 Å². The number of amides is 1. The van der Waals surface area contributed by atoms with Gasteiger partial charge in [0.15, 0.2) is 0 Å². The molecule has 0 saturated carbocycles. The van der Waals surface area contributed by atoms with Gasteiger partial charge in [-0.1, -0.05) is 55.5 Å². The van der Waals surface area contributed by atoms with Gasteiger partial charge in [-0.15, -0.1) is 0 Å². The Kier molecular flexibility index (Phi) is 4.00. The van der Waals surface area contributed by atoms with Gasteiger partial charge in [0.25, 0.3) is 0 Å². The zero-order valence-electron chi connectivity index (χ0n) is 11.6. The van der Waals surface area contributed by atoms with Crippen molar-refractivity contribution in [2.45, 2.75) is 26.7 Å². The van der Waals surface area contributed by atoms with Crippen LogP contribution in [0.1, 0.15) is 36.5 Å². The number of hydrogen-bond donors (Lipinski definition) is 1. The fraction of sp³-hybridized carbons (Fsp3) is 0.235. The number of hydrogen-bond acceptors (Lipinski definition) is 1. The highest BCUT2D eigenvalue weighted by molar-refractivity contribution is 5.90. The van der Waals surface area contributed by atoms with Gasteiger partial charge >= 0.3 is 0 Å². The third kappa shape index (κ3) is 3.02. The summed E-state index contributed by atoms with van der Waals surface area (Å²) in [5.41, 5.74) is 4.43. The molecule has 2 nitrogen and oxygen atoms in total. The van der Waals surface area contributed by atoms with E-state index in [0.717, 1.165) is 16.8 Å². The Hall–Kier alpha value is -2.09. The SMILES string of the molecule is CC(=O)Nc1c(C)cccc1C(C)c1ccccc1. The smallest absolute Gasteiger partial charge is 0.221 e. The van der Waals surface area contributed by atoms with Crippen LogP contribution in [0.15, 0.2) is 48.5 Å². The second-order valence-electron chi connectivity index (χ2n) is 4.85. The van der Waals surface area contributed by atoms with Crippen LogP contribution >= 0.6 is 0 Å². The van der Waals surface area contributed by atoms with Crippen LogP contribution in [0.4, 0.5) is 5.69 Å². The van der Waals surface area contributed by atoms with Crippen molar-refractivity contribution in [2.24, 2.45) is 0 Å². The van der Waals surface area contributed by atoms with Gasteiger partial charge in [-0.3, -0.25) is 4.79 Å². The highest BCUT2D eigenvalue weighted by Crippen LogP contribution is 2.32. The number of anilines is 1. The monoisotopic (exact) mass is 253 g/mol. The largest absolute Gasteiger partial charge is 0.326 e. The topological polar surface area (TPSA) is 29.1 Å². The molecule has 0 fully saturated rings. The van der Waals surface area contributed by atoms with Crippen LogP contribution in [-0.4, -0.2) is 5.91 Å². The first-order valence-corrected chi connectivity index (χ1v) is 6.51. The molecule has 0 heterocycles. The van der Waals surface area contributed by atoms with Crippen LogP contribution in [0, 0.1) is 6.92 Å². The van der Waals surface area contributed by atoms with E-state index in [1.807, 2.05) is 37.3 Å². The van der Waals surface area contributed by atoms with Crippen LogP contribution in [0.25, 0.3) is 0 Å². The van der Waals surface area contributed by atoms with E-state index in [4.69, 9.17) is 0 Å². The standard InChI is InChI=1S/C17H19NO/c1-12-8-7-11-16(17(12)18-14(3)19)13(2)15-9-5-4-6-10-15/h4-11,13H,1-3H3,(H,18,19). The molecule has 2 rings (SSSR count). The summed E-state index contributed by atoms with van der Waals surface area (Å²) in [5, 5.41) is 2.95. The van der Waals surface area contributed by atoms with Crippen LogP contribution < -0.4 is 5.32 Å². The molecule has 1 unspecified atom stereocenters. The van der Waals surface area contributed by atoms with Gasteiger partial charge in [0.2, 0.25) is 5.91 Å². The zero-order valence-corrected chi connectivity index (χ0v) is 11.6. The average molecular weight is 253 g/mol. The van der Waals surface area contributed by atoms with Crippen molar-refractivity contribution in [1.82, 2.24) is 0 Å². The summed E-state index contributed by atoms with van der Waals surface area (Å²) >= 11 is 0. The number of benzene rings is 2. The maximum Gasteiger partial charge on any atom is 0.221 e. The summed E-state index contributed by atoms with van der Waals surface area (Å²) in [6.07, 6.45) is 0. The number of rotatable bonds is 3. The van der Waals surface area contributed by atoms with Crippen LogP contribution in [0.3, 0.4) is 0 Å². The molecular formula is C17H19NO. The van der Waals surface area contributed by atoms with E-state index in [2.05, 4.69) is 30.4 Å². The molecular weight excluding hydrogens is 234 g/mol. The molecule has 0 aliphatic rings. The van der Waals surface area contributed by atoms with Crippen molar-refractivity contribution in [3.63, 3.8) is 0 Å². The van der Waals surface area contributed by atoms with Crippen molar-refractivity contribution < 1.29 is 4.79 Å². The lowest BCUT2D eigenvalue weighted by molar-refractivity contribution is -0.114. The first kappa shape index (κ1) is 13.3. The number of para-hydroxylation sites is 1. The Morgan fingerprint density at radius 3 is 2.37 bits per heavy atom. The van der Waals surface area contributed by atoms with E-state index < -0.39 is 0 Å². The predicted molar refractivity (Wildman–Crippen MR) is 79.4 cm³/mol. The Balaban J connectivity index is 2.44. The second-order valence-corrected chi connectivity index (χ2v) is 4.85. The number of carbonyl (C=O) groups is 1. The summed E-state index contributed by atoms with van der Waals surface area (Å²) in [6.45, 7) is 5.73. The summed E-state index contributed by atoms with van der Waals surface area (Å²) < 4.78 is 0. The highest BCUT2D eigenvalue weighted by atomic mass is 16.1. The maximum atomic E-state index is 11.4. The zero-order chi connectivity index (χ0) is 13.8. The van der Waals surface area contributed by atoms with Crippen molar-refractivity contribution >= 4 is 11.6 Å². The van der Waals surface area contributed by atoms with E-state index in [9.17, 15) is 4.79 Å². The molecule has 0 aliphatic carbocycles. The Morgan fingerprint density at radius 2 is 1.74 bits per heavy atom. The minimum Gasteiger partial charge on any atom is -0.326 e. The van der Waals surface area contributed by atoms with Crippen molar-refractivity contribution in [2.75, 3.05) is 5.32 Å². The summed E-state index contributed by atoms with van der Waals surface area (Å²) in [7, 11) is 0. The predicted octanol–water partition coefficient (Wildman–Crippen LogP) is 4.11. The fourth-order valence-electron chi connectivity index (χ4n) is 2.32. The summed E-state index contributed by atoms with van der Waals surface area (Å²) in [5.74, 6) is 0.221. The van der Waals surface area contributed by atoms with E-state index in [-0.39, 0.29) is 11.8 Å². The summed E-state index contributed by atoms with van der Waals surface area (Å²) in [4.78, 5) is 11.4. The van der Waals surface area contributed by atoms with Crippen molar-refractivity contribution in [3.8, 4) is 0 Å². The summed E-state index contributed by atoms with van der Waals surface area (Å²) in [6, 6.07) is 16.5. The fourth-order valence-corrected chi connectivity index (χ4v) is 2.32. The Morgan fingerprint density at radius 1 is 1.05 bits per heavy atom. The lowest BCUT2D eigenvalue weighted by atomic mass is 9.90. The lowest BCUT2D eigenvalue weighted by Gasteiger charge is -2.19. The van der Waals surface area contributed by atoms with Gasteiger partial charge in [-0.05, 0) is 23.6 Å². The minimum absolute atomic E-state index is 0.0317. The molecule has 0 aromatic heterocycles. The van der Waals surface area contributed by atoms with E-state index in [1.165, 1.54) is 5.56 Å². The third-order valence-corrected chi connectivity index (χ3v) is 3.37. The van der Waals surface area contributed by atoms with Gasteiger partial charge in [-0.25, -0.2) is 0 Å². The quantitative estimate of drug-likeness (QED) is 0.876. The molecule has 19 heavy (non-hydrogen) atoms. The molecule has 1 amide bonds. The molecule has 1 atom stereocenters. The molecule has 0 aliphatic heterocycles. The number of aryl methyl sites for hydroxylation is 1. The molecule has 2 aromatic carbocycles. The minimum atomic E-state index is -0.0317. The van der Waals surface area contributed by atoms with E-state index in [1.54, 1.807) is 6.92 Å². The molecule has 1 N–H and O–H groups in total. The Bertz CT molecular complexity index is 575. The van der Waals surface area contributed by atoms with Gasteiger partial charge in [-0.2, -0.15) is 0 Å². The molecule has 98 valence electrons. The molecule has 0 radical (unpaired) electrons. The van der Waals surface area contributed by atoms with E-state index >= 15 is 0 Å². The molecule has 0 spiro atoms. The van der Waals surface area contributed by atoms with Gasteiger partial charge in [0.05, 0.1) is 0 Å². The van der Waals surface area contributed by atoms with Crippen molar-refractivity contribution in [1.29, 1.82) is 0 Å². The molecule has 0 bridgehead atoms. The van der Waals surface area contributed by atoms with Gasteiger partial charge in [0, 0.05) is 18.5 Å². The third-order valence-electron chi connectivity index (χ3n) is 3.37. The number of carbonyl (C=O) groups excluding carboxylic acids is 1. The Labute approximate surface area is 114 Å². The molecule has 0 saturated heterocycles. The lowest BCUT2D eigenvalue weighted by Crippen LogP contribution is -2.11. The maximum absolute atomic E-state index is 11.4. The first-order valence-electron chi connectivity index (χ1n) is 6.51. The highest BCUT2D eigenvalue weighted by Gasteiger charge is 2.14. The van der Waals surface area contributed by atoms with Crippen LogP contribution in [0.2, 0.25) is 0 Å². The van der Waals surface area contributed by atoms with Gasteiger partial charge in [0.1, 0.15) is 0 Å². The average Bonchev–Trinajstić information content (AvgIpc) is 2.41.